The number of ether oxygens (including phenoxy) is 1. The molecule has 5 nitrogen and oxygen atoms in total. The molecule has 0 aliphatic rings. The van der Waals surface area contributed by atoms with Crippen LogP contribution in [-0.2, 0) is 18.3 Å². The van der Waals surface area contributed by atoms with Crippen LogP contribution in [0.25, 0.3) is 22.0 Å². The molecule has 1 amide bonds. The van der Waals surface area contributed by atoms with Crippen LogP contribution >= 0.6 is 0 Å². The van der Waals surface area contributed by atoms with Gasteiger partial charge >= 0.3 is 0 Å². The molecule has 0 spiro atoms. The van der Waals surface area contributed by atoms with Gasteiger partial charge in [0.1, 0.15) is 5.75 Å². The number of benzene rings is 2. The second-order valence-corrected chi connectivity index (χ2v) is 6.14. The number of hydrogen-bond donors (Lipinski definition) is 1. The largest absolute Gasteiger partial charge is 0.497 e. The Morgan fingerprint density at radius 1 is 1.12 bits per heavy atom. The standard InChI is InChI=1S/C21H22N2O3/c1-22-19(24)12-11-17-16-10-9-15(26-3)13-18(16)21(25)23(2)20(17)14-7-5-4-6-8-14/h4-10,13H,11-12H2,1-3H3,(H,22,24). The van der Waals surface area contributed by atoms with Crippen molar-refractivity contribution in [3.63, 3.8) is 0 Å². The van der Waals surface area contributed by atoms with Crippen LogP contribution in [0.5, 0.6) is 5.75 Å². The molecule has 0 atom stereocenters. The summed E-state index contributed by atoms with van der Waals surface area (Å²) in [5.41, 5.74) is 2.70. The number of pyridine rings is 1. The van der Waals surface area contributed by atoms with Gasteiger partial charge in [0.05, 0.1) is 18.2 Å². The second-order valence-electron chi connectivity index (χ2n) is 6.14. The smallest absolute Gasteiger partial charge is 0.258 e. The van der Waals surface area contributed by atoms with Gasteiger partial charge in [0.2, 0.25) is 5.91 Å². The monoisotopic (exact) mass is 350 g/mol. The minimum atomic E-state index is -0.0820. The molecule has 5 heteroatoms. The molecule has 1 heterocycles. The molecule has 0 aliphatic carbocycles. The zero-order valence-electron chi connectivity index (χ0n) is 15.2. The van der Waals surface area contributed by atoms with Gasteiger partial charge in [-0.15, -0.1) is 0 Å². The van der Waals surface area contributed by atoms with Crippen LogP contribution in [0.3, 0.4) is 0 Å². The van der Waals surface area contributed by atoms with Crippen molar-refractivity contribution < 1.29 is 9.53 Å². The highest BCUT2D eigenvalue weighted by molar-refractivity contribution is 5.91. The molecule has 3 aromatic rings. The van der Waals surface area contributed by atoms with E-state index in [-0.39, 0.29) is 11.5 Å². The molecule has 0 saturated carbocycles. The molecular weight excluding hydrogens is 328 g/mol. The van der Waals surface area contributed by atoms with Crippen LogP contribution in [0.15, 0.2) is 53.3 Å². The first-order chi connectivity index (χ1) is 12.6. The van der Waals surface area contributed by atoms with Gasteiger partial charge in [0.25, 0.3) is 5.56 Å². The highest BCUT2D eigenvalue weighted by Gasteiger charge is 2.17. The summed E-state index contributed by atoms with van der Waals surface area (Å²) >= 11 is 0. The van der Waals surface area contributed by atoms with Crippen LogP contribution in [-0.4, -0.2) is 24.6 Å². The predicted octanol–water partition coefficient (Wildman–Crippen LogP) is 2.89. The SMILES string of the molecule is CNC(=O)CCc1c(-c2ccccc2)n(C)c(=O)c2cc(OC)ccc12. The molecule has 134 valence electrons. The van der Waals surface area contributed by atoms with Crippen molar-refractivity contribution in [2.45, 2.75) is 12.8 Å². The van der Waals surface area contributed by atoms with Crippen molar-refractivity contribution >= 4 is 16.7 Å². The van der Waals surface area contributed by atoms with Crippen molar-refractivity contribution in [1.29, 1.82) is 0 Å². The number of amides is 1. The van der Waals surface area contributed by atoms with Crippen LogP contribution in [0, 0.1) is 0 Å². The fourth-order valence-electron chi connectivity index (χ4n) is 3.28. The number of methoxy groups -OCH3 is 1. The number of nitrogens with one attached hydrogen (secondary N) is 1. The fourth-order valence-corrected chi connectivity index (χ4v) is 3.28. The van der Waals surface area contributed by atoms with Gasteiger partial charge in [-0.05, 0) is 35.1 Å². The highest BCUT2D eigenvalue weighted by Crippen LogP contribution is 2.30. The van der Waals surface area contributed by atoms with Gasteiger partial charge in [0.15, 0.2) is 0 Å². The highest BCUT2D eigenvalue weighted by atomic mass is 16.5. The van der Waals surface area contributed by atoms with Crippen LogP contribution < -0.4 is 15.6 Å². The molecular formula is C21H22N2O3. The number of rotatable bonds is 5. The van der Waals surface area contributed by atoms with Crippen LogP contribution in [0.4, 0.5) is 0 Å². The minimum Gasteiger partial charge on any atom is -0.497 e. The molecule has 0 radical (unpaired) electrons. The molecule has 0 saturated heterocycles. The third-order valence-corrected chi connectivity index (χ3v) is 4.64. The van der Waals surface area contributed by atoms with E-state index < -0.39 is 0 Å². The average molecular weight is 350 g/mol. The lowest BCUT2D eigenvalue weighted by atomic mass is 9.95. The Labute approximate surface area is 152 Å². The van der Waals surface area contributed by atoms with Gasteiger partial charge in [-0.1, -0.05) is 36.4 Å². The predicted molar refractivity (Wildman–Crippen MR) is 104 cm³/mol. The summed E-state index contributed by atoms with van der Waals surface area (Å²) in [6.45, 7) is 0. The van der Waals surface area contributed by atoms with E-state index in [0.717, 1.165) is 22.2 Å². The molecule has 0 aliphatic heterocycles. The lowest BCUT2D eigenvalue weighted by Crippen LogP contribution is -2.22. The Morgan fingerprint density at radius 3 is 2.50 bits per heavy atom. The van der Waals surface area contributed by atoms with Crippen LogP contribution in [0.1, 0.15) is 12.0 Å². The maximum absolute atomic E-state index is 13.0. The maximum atomic E-state index is 13.0. The Hall–Kier alpha value is -3.08. The first-order valence-corrected chi connectivity index (χ1v) is 8.52. The van der Waals surface area contributed by atoms with E-state index in [4.69, 9.17) is 4.74 Å². The Morgan fingerprint density at radius 2 is 1.85 bits per heavy atom. The zero-order valence-corrected chi connectivity index (χ0v) is 15.2. The van der Waals surface area contributed by atoms with E-state index >= 15 is 0 Å². The van der Waals surface area contributed by atoms with Crippen molar-refractivity contribution in [3.8, 4) is 17.0 Å². The van der Waals surface area contributed by atoms with Crippen molar-refractivity contribution in [2.24, 2.45) is 7.05 Å². The van der Waals surface area contributed by atoms with Gasteiger partial charge in [-0.3, -0.25) is 9.59 Å². The van der Waals surface area contributed by atoms with Crippen LogP contribution in [0.2, 0.25) is 0 Å². The van der Waals surface area contributed by atoms with E-state index in [1.165, 1.54) is 0 Å². The van der Waals surface area contributed by atoms with Gasteiger partial charge in [0, 0.05) is 20.5 Å². The number of hydrogen-bond acceptors (Lipinski definition) is 3. The number of carbonyl (C=O) groups is 1. The normalized spacial score (nSPS) is 10.7. The van der Waals surface area contributed by atoms with E-state index in [0.29, 0.717) is 24.0 Å². The van der Waals surface area contributed by atoms with Crippen molar-refractivity contribution in [2.75, 3.05) is 14.2 Å². The first-order valence-electron chi connectivity index (χ1n) is 8.52. The van der Waals surface area contributed by atoms with Gasteiger partial charge < -0.3 is 14.6 Å². The second kappa shape index (κ2) is 7.44. The molecule has 26 heavy (non-hydrogen) atoms. The molecule has 0 bridgehead atoms. The molecule has 1 aromatic heterocycles. The fraction of sp³-hybridized carbons (Fsp3) is 0.238. The lowest BCUT2D eigenvalue weighted by molar-refractivity contribution is -0.120. The van der Waals surface area contributed by atoms with Gasteiger partial charge in [-0.2, -0.15) is 0 Å². The number of carbonyl (C=O) groups excluding carboxylic acids is 1. The minimum absolute atomic E-state index is 0.0282. The third-order valence-electron chi connectivity index (χ3n) is 4.64. The van der Waals surface area contributed by atoms with E-state index in [1.54, 1.807) is 31.8 Å². The maximum Gasteiger partial charge on any atom is 0.258 e. The number of fused-ring (bicyclic) bond motifs is 1. The summed E-state index contributed by atoms with van der Waals surface area (Å²) in [4.78, 5) is 24.8. The van der Waals surface area contributed by atoms with E-state index in [2.05, 4.69) is 5.32 Å². The number of aromatic nitrogens is 1. The van der Waals surface area contributed by atoms with E-state index in [1.807, 2.05) is 42.5 Å². The Balaban J connectivity index is 2.31. The summed E-state index contributed by atoms with van der Waals surface area (Å²) in [7, 11) is 4.98. The zero-order chi connectivity index (χ0) is 18.7. The molecule has 0 unspecified atom stereocenters. The Kier molecular flexibility index (Phi) is 5.07. The van der Waals surface area contributed by atoms with Crippen molar-refractivity contribution in [3.05, 3.63) is 64.4 Å². The lowest BCUT2D eigenvalue weighted by Gasteiger charge is -2.18. The summed E-state index contributed by atoms with van der Waals surface area (Å²) in [6, 6.07) is 15.3. The average Bonchev–Trinajstić information content (AvgIpc) is 2.69. The number of nitrogens with zero attached hydrogens (tertiary/aromatic N) is 1. The molecule has 0 fully saturated rings. The van der Waals surface area contributed by atoms with Crippen molar-refractivity contribution in [1.82, 2.24) is 9.88 Å². The molecule has 1 N–H and O–H groups in total. The Bertz CT molecular complexity index is 1010. The summed E-state index contributed by atoms with van der Waals surface area (Å²) in [6.07, 6.45) is 0.899. The topological polar surface area (TPSA) is 60.3 Å². The quantitative estimate of drug-likeness (QED) is 0.770. The van der Waals surface area contributed by atoms with E-state index in [9.17, 15) is 9.59 Å². The number of aryl methyl sites for hydroxylation is 1. The summed E-state index contributed by atoms with van der Waals surface area (Å²) < 4.78 is 6.94. The first kappa shape index (κ1) is 17.7. The summed E-state index contributed by atoms with van der Waals surface area (Å²) in [5, 5.41) is 4.11. The molecule has 3 rings (SSSR count). The summed E-state index contributed by atoms with van der Waals surface area (Å²) in [5.74, 6) is 0.610. The third kappa shape index (κ3) is 3.20. The molecule has 2 aromatic carbocycles. The van der Waals surface area contributed by atoms with Gasteiger partial charge in [-0.25, -0.2) is 0 Å².